The number of likely N-dealkylation sites (tertiary alicyclic amines) is 1. The lowest BCUT2D eigenvalue weighted by atomic mass is 9.90. The van der Waals surface area contributed by atoms with E-state index in [0.717, 1.165) is 5.69 Å². The quantitative estimate of drug-likeness (QED) is 0.863. The number of carbonyl (C=O) groups excluding carboxylic acids is 1. The van der Waals surface area contributed by atoms with Gasteiger partial charge in [0.15, 0.2) is 5.60 Å². The fourth-order valence-electron chi connectivity index (χ4n) is 3.29. The van der Waals surface area contributed by atoms with Crippen LogP contribution in [-0.2, 0) is 17.9 Å². The summed E-state index contributed by atoms with van der Waals surface area (Å²) in [7, 11) is 1.82. The predicted molar refractivity (Wildman–Crippen MR) is 88.8 cm³/mol. The first-order valence-electron chi connectivity index (χ1n) is 8.31. The summed E-state index contributed by atoms with van der Waals surface area (Å²) in [4.78, 5) is 16.2. The van der Waals surface area contributed by atoms with Crippen LogP contribution in [0.2, 0.25) is 0 Å². The Kier molecular flexibility index (Phi) is 5.15. The lowest BCUT2D eigenvalue weighted by Gasteiger charge is -2.40. The standard InChI is InChI=1S/C18H22FN3O3/c1-21(12-15-7-10-25-20-15)13-18(24)8-4-9-22(17(18)23)11-14-5-2-3-6-16(14)19/h2-3,5-7,10,24H,4,8-9,11-13H2,1H3. The third-order valence-electron chi connectivity index (χ3n) is 4.48. The summed E-state index contributed by atoms with van der Waals surface area (Å²) in [5.41, 5.74) is -0.282. The van der Waals surface area contributed by atoms with Gasteiger partial charge in [-0.3, -0.25) is 9.69 Å². The van der Waals surface area contributed by atoms with Crippen LogP contribution in [-0.4, -0.2) is 51.7 Å². The number of benzene rings is 1. The van der Waals surface area contributed by atoms with Crippen LogP contribution in [0.25, 0.3) is 0 Å². The first-order chi connectivity index (χ1) is 12.0. The maximum absolute atomic E-state index is 13.9. The van der Waals surface area contributed by atoms with Crippen LogP contribution in [0.1, 0.15) is 24.1 Å². The lowest BCUT2D eigenvalue weighted by molar-refractivity contribution is -0.160. The highest BCUT2D eigenvalue weighted by molar-refractivity contribution is 5.86. The molecule has 1 aromatic heterocycles. The highest BCUT2D eigenvalue weighted by Gasteiger charge is 2.43. The molecule has 0 radical (unpaired) electrons. The van der Waals surface area contributed by atoms with E-state index >= 15 is 0 Å². The number of aromatic nitrogens is 1. The van der Waals surface area contributed by atoms with Crippen molar-refractivity contribution in [3.05, 3.63) is 53.7 Å². The zero-order chi connectivity index (χ0) is 17.9. The average molecular weight is 347 g/mol. The largest absolute Gasteiger partial charge is 0.379 e. The van der Waals surface area contributed by atoms with Crippen LogP contribution in [0.15, 0.2) is 41.1 Å². The Hall–Kier alpha value is -2.25. The van der Waals surface area contributed by atoms with Crippen molar-refractivity contribution < 1.29 is 18.8 Å². The number of rotatable bonds is 6. The molecule has 0 spiro atoms. The number of piperidine rings is 1. The zero-order valence-corrected chi connectivity index (χ0v) is 14.2. The van der Waals surface area contributed by atoms with Gasteiger partial charge in [0.2, 0.25) is 0 Å². The van der Waals surface area contributed by atoms with Gasteiger partial charge in [-0.15, -0.1) is 0 Å². The van der Waals surface area contributed by atoms with Crippen molar-refractivity contribution in [2.45, 2.75) is 31.5 Å². The molecule has 0 saturated carbocycles. The lowest BCUT2D eigenvalue weighted by Crippen LogP contribution is -2.57. The van der Waals surface area contributed by atoms with E-state index in [1.807, 2.05) is 11.9 Å². The molecule has 0 aliphatic carbocycles. The van der Waals surface area contributed by atoms with Crippen molar-refractivity contribution in [3.63, 3.8) is 0 Å². The van der Waals surface area contributed by atoms with Gasteiger partial charge in [-0.05, 0) is 26.0 Å². The summed E-state index contributed by atoms with van der Waals surface area (Å²) in [5.74, 6) is -0.693. The van der Waals surface area contributed by atoms with E-state index in [1.54, 1.807) is 24.3 Å². The number of likely N-dealkylation sites (N-methyl/N-ethyl adjacent to an activating group) is 1. The highest BCUT2D eigenvalue weighted by Crippen LogP contribution is 2.26. The molecule has 1 amide bonds. The Labute approximate surface area is 145 Å². The molecule has 1 saturated heterocycles. The molecule has 2 heterocycles. The number of amides is 1. The van der Waals surface area contributed by atoms with Crippen LogP contribution in [0.5, 0.6) is 0 Å². The molecule has 1 aliphatic heterocycles. The number of hydrogen-bond donors (Lipinski definition) is 1. The predicted octanol–water partition coefficient (Wildman–Crippen LogP) is 1.80. The van der Waals surface area contributed by atoms with Gasteiger partial charge in [-0.25, -0.2) is 4.39 Å². The fraction of sp³-hybridized carbons (Fsp3) is 0.444. The number of aliphatic hydroxyl groups is 1. The molecule has 25 heavy (non-hydrogen) atoms. The topological polar surface area (TPSA) is 69.8 Å². The van der Waals surface area contributed by atoms with E-state index in [0.29, 0.717) is 31.5 Å². The third-order valence-corrected chi connectivity index (χ3v) is 4.48. The minimum Gasteiger partial charge on any atom is -0.379 e. The molecule has 1 unspecified atom stereocenters. The van der Waals surface area contributed by atoms with Crippen molar-refractivity contribution in [1.82, 2.24) is 15.0 Å². The van der Waals surface area contributed by atoms with Gasteiger partial charge < -0.3 is 14.5 Å². The van der Waals surface area contributed by atoms with E-state index in [4.69, 9.17) is 4.52 Å². The van der Waals surface area contributed by atoms with Gasteiger partial charge in [-0.1, -0.05) is 23.4 Å². The molecule has 1 N–H and O–H groups in total. The first-order valence-corrected chi connectivity index (χ1v) is 8.31. The summed E-state index contributed by atoms with van der Waals surface area (Å²) >= 11 is 0. The molecule has 0 bridgehead atoms. The van der Waals surface area contributed by atoms with Crippen molar-refractivity contribution in [2.24, 2.45) is 0 Å². The molecule has 3 rings (SSSR count). The second-order valence-corrected chi connectivity index (χ2v) is 6.62. The number of halogens is 1. The minimum absolute atomic E-state index is 0.167. The van der Waals surface area contributed by atoms with E-state index in [-0.39, 0.29) is 24.8 Å². The van der Waals surface area contributed by atoms with Gasteiger partial charge >= 0.3 is 0 Å². The van der Waals surface area contributed by atoms with E-state index in [9.17, 15) is 14.3 Å². The molecule has 1 fully saturated rings. The number of nitrogens with zero attached hydrogens (tertiary/aromatic N) is 3. The SMILES string of the molecule is CN(Cc1ccon1)CC1(O)CCCN(Cc2ccccc2F)C1=O. The Morgan fingerprint density at radius 1 is 1.40 bits per heavy atom. The fourth-order valence-corrected chi connectivity index (χ4v) is 3.29. The highest BCUT2D eigenvalue weighted by atomic mass is 19.1. The smallest absolute Gasteiger partial charge is 0.256 e. The van der Waals surface area contributed by atoms with Crippen LogP contribution in [0.3, 0.4) is 0 Å². The Balaban J connectivity index is 1.66. The maximum atomic E-state index is 13.9. The zero-order valence-electron chi connectivity index (χ0n) is 14.2. The monoisotopic (exact) mass is 347 g/mol. The van der Waals surface area contributed by atoms with Gasteiger partial charge in [-0.2, -0.15) is 0 Å². The molecular formula is C18H22FN3O3. The Morgan fingerprint density at radius 2 is 2.20 bits per heavy atom. The summed E-state index contributed by atoms with van der Waals surface area (Å²) in [6.07, 6.45) is 2.55. The molecule has 2 aromatic rings. The minimum atomic E-state index is -1.47. The Morgan fingerprint density at radius 3 is 2.92 bits per heavy atom. The molecular weight excluding hydrogens is 325 g/mol. The molecule has 1 atom stereocenters. The molecule has 7 heteroatoms. The van der Waals surface area contributed by atoms with Crippen molar-refractivity contribution >= 4 is 5.91 Å². The van der Waals surface area contributed by atoms with E-state index < -0.39 is 5.60 Å². The van der Waals surface area contributed by atoms with Gasteiger partial charge in [0.1, 0.15) is 12.1 Å². The summed E-state index contributed by atoms with van der Waals surface area (Å²) < 4.78 is 18.7. The molecule has 134 valence electrons. The summed E-state index contributed by atoms with van der Waals surface area (Å²) in [5, 5.41) is 14.7. The number of carbonyl (C=O) groups is 1. The normalized spacial score (nSPS) is 21.1. The molecule has 1 aromatic carbocycles. The maximum Gasteiger partial charge on any atom is 0.256 e. The summed E-state index contributed by atoms with van der Waals surface area (Å²) in [6.45, 7) is 1.34. The third kappa shape index (κ3) is 4.05. The van der Waals surface area contributed by atoms with Gasteiger partial charge in [0, 0.05) is 37.8 Å². The van der Waals surface area contributed by atoms with E-state index in [2.05, 4.69) is 5.16 Å². The number of hydrogen-bond acceptors (Lipinski definition) is 5. The Bertz CT molecular complexity index is 722. The van der Waals surface area contributed by atoms with Gasteiger partial charge in [0.05, 0.1) is 5.69 Å². The molecule has 6 nitrogen and oxygen atoms in total. The second kappa shape index (κ2) is 7.33. The van der Waals surface area contributed by atoms with Gasteiger partial charge in [0.25, 0.3) is 5.91 Å². The van der Waals surface area contributed by atoms with Crippen LogP contribution in [0, 0.1) is 5.82 Å². The molecule has 1 aliphatic rings. The second-order valence-electron chi connectivity index (χ2n) is 6.62. The summed E-state index contributed by atoms with van der Waals surface area (Å²) in [6, 6.07) is 8.14. The van der Waals surface area contributed by atoms with Crippen LogP contribution in [0.4, 0.5) is 4.39 Å². The van der Waals surface area contributed by atoms with Crippen molar-refractivity contribution in [3.8, 4) is 0 Å². The van der Waals surface area contributed by atoms with Crippen LogP contribution < -0.4 is 0 Å². The first kappa shape index (κ1) is 17.6. The van der Waals surface area contributed by atoms with Crippen molar-refractivity contribution in [2.75, 3.05) is 20.1 Å². The van der Waals surface area contributed by atoms with Crippen LogP contribution >= 0.6 is 0 Å². The average Bonchev–Trinajstić information content (AvgIpc) is 3.06. The van der Waals surface area contributed by atoms with Crippen molar-refractivity contribution in [1.29, 1.82) is 0 Å². The van der Waals surface area contributed by atoms with E-state index in [1.165, 1.54) is 17.2 Å².